The van der Waals surface area contributed by atoms with Gasteiger partial charge in [0.2, 0.25) is 0 Å². The average molecular weight is 304 g/mol. The van der Waals surface area contributed by atoms with Crippen LogP contribution in [0.25, 0.3) is 0 Å². The smallest absolute Gasteiger partial charge is 0.252 e. The molecule has 4 nitrogen and oxygen atoms in total. The van der Waals surface area contributed by atoms with Gasteiger partial charge in [0.25, 0.3) is 10.0 Å². The minimum absolute atomic E-state index is 0.0118. The van der Waals surface area contributed by atoms with Crippen LogP contribution in [0, 0.1) is 0 Å². The van der Waals surface area contributed by atoms with Crippen molar-refractivity contribution in [1.82, 2.24) is 9.62 Å². The van der Waals surface area contributed by atoms with E-state index in [0.717, 1.165) is 24.4 Å². The van der Waals surface area contributed by atoms with Gasteiger partial charge in [-0.1, -0.05) is 13.8 Å². The number of likely N-dealkylation sites (N-methyl/N-ethyl adjacent to an activating group) is 1. The third-order valence-electron chi connectivity index (χ3n) is 2.89. The Morgan fingerprint density at radius 1 is 1.32 bits per heavy atom. The number of hydrogen-bond acceptors (Lipinski definition) is 4. The summed E-state index contributed by atoms with van der Waals surface area (Å²) in [6.07, 6.45) is 0.877. The Balaban J connectivity index is 2.84. The molecule has 0 bridgehead atoms. The monoisotopic (exact) mass is 304 g/mol. The molecule has 0 amide bonds. The zero-order valence-electron chi connectivity index (χ0n) is 12.1. The fourth-order valence-electron chi connectivity index (χ4n) is 1.95. The van der Waals surface area contributed by atoms with Gasteiger partial charge < -0.3 is 5.32 Å². The molecule has 1 N–H and O–H groups in total. The summed E-state index contributed by atoms with van der Waals surface area (Å²) in [5.74, 6) is 0. The first-order chi connectivity index (χ1) is 8.93. The number of nitrogens with zero attached hydrogens (tertiary/aromatic N) is 1. The maximum atomic E-state index is 12.5. The molecular weight excluding hydrogens is 280 g/mol. The van der Waals surface area contributed by atoms with Crippen LogP contribution in [0.4, 0.5) is 0 Å². The van der Waals surface area contributed by atoms with Crippen molar-refractivity contribution in [2.75, 3.05) is 19.6 Å². The maximum Gasteiger partial charge on any atom is 0.252 e. The Morgan fingerprint density at radius 3 is 2.53 bits per heavy atom. The number of nitrogens with one attached hydrogen (secondary N) is 1. The molecule has 0 radical (unpaired) electrons. The van der Waals surface area contributed by atoms with Crippen molar-refractivity contribution in [2.24, 2.45) is 0 Å². The van der Waals surface area contributed by atoms with Crippen molar-refractivity contribution in [1.29, 1.82) is 0 Å². The van der Waals surface area contributed by atoms with Crippen molar-refractivity contribution in [2.45, 2.75) is 44.4 Å². The molecule has 110 valence electrons. The van der Waals surface area contributed by atoms with E-state index in [1.807, 2.05) is 26.8 Å². The van der Waals surface area contributed by atoms with E-state index in [1.54, 1.807) is 6.07 Å². The van der Waals surface area contributed by atoms with Gasteiger partial charge in [-0.15, -0.1) is 11.3 Å². The average Bonchev–Trinajstić information content (AvgIpc) is 2.78. The van der Waals surface area contributed by atoms with Crippen molar-refractivity contribution < 1.29 is 8.42 Å². The Hall–Kier alpha value is -0.430. The number of rotatable bonds is 8. The van der Waals surface area contributed by atoms with E-state index in [1.165, 1.54) is 15.6 Å². The molecule has 1 heterocycles. The van der Waals surface area contributed by atoms with E-state index < -0.39 is 10.0 Å². The molecular formula is C13H24N2O2S2. The summed E-state index contributed by atoms with van der Waals surface area (Å²) < 4.78 is 26.9. The van der Waals surface area contributed by atoms with Crippen molar-refractivity contribution in [3.63, 3.8) is 0 Å². The predicted molar refractivity (Wildman–Crippen MR) is 81.3 cm³/mol. The molecule has 0 unspecified atom stereocenters. The van der Waals surface area contributed by atoms with Gasteiger partial charge in [-0.2, -0.15) is 4.31 Å². The molecule has 1 aromatic heterocycles. The first-order valence-corrected chi connectivity index (χ1v) is 9.00. The molecule has 19 heavy (non-hydrogen) atoms. The minimum atomic E-state index is -3.33. The summed E-state index contributed by atoms with van der Waals surface area (Å²) in [5, 5.41) is 3.24. The van der Waals surface area contributed by atoms with Crippen molar-refractivity contribution >= 4 is 21.4 Å². The van der Waals surface area contributed by atoms with Crippen molar-refractivity contribution in [3.05, 3.63) is 17.0 Å². The molecule has 0 aliphatic carbocycles. The molecule has 0 spiro atoms. The second kappa shape index (κ2) is 7.38. The lowest BCUT2D eigenvalue weighted by Crippen LogP contribution is -2.36. The van der Waals surface area contributed by atoms with Gasteiger partial charge in [-0.25, -0.2) is 8.42 Å². The Bertz CT molecular complexity index is 481. The standard InChI is InChI=1S/C13H24N2O2S2/c1-5-14-10-9-12-7-8-13(18-12)19(16,17)15(6-2)11(3)4/h7-8,11,14H,5-6,9-10H2,1-4H3. The quantitative estimate of drug-likeness (QED) is 0.750. The zero-order valence-corrected chi connectivity index (χ0v) is 13.8. The van der Waals surface area contributed by atoms with Gasteiger partial charge in [-0.3, -0.25) is 0 Å². The molecule has 0 atom stereocenters. The molecule has 0 aliphatic heterocycles. The highest BCUT2D eigenvalue weighted by Crippen LogP contribution is 2.26. The van der Waals surface area contributed by atoms with Gasteiger partial charge >= 0.3 is 0 Å². The third-order valence-corrected chi connectivity index (χ3v) is 6.65. The lowest BCUT2D eigenvalue weighted by molar-refractivity contribution is 0.370. The zero-order chi connectivity index (χ0) is 14.5. The first-order valence-electron chi connectivity index (χ1n) is 6.74. The van der Waals surface area contributed by atoms with Crippen LogP contribution in [0.2, 0.25) is 0 Å². The summed E-state index contributed by atoms with van der Waals surface area (Å²) in [7, 11) is -3.33. The van der Waals surface area contributed by atoms with Gasteiger partial charge in [0.1, 0.15) is 4.21 Å². The fraction of sp³-hybridized carbons (Fsp3) is 0.692. The third kappa shape index (κ3) is 4.27. The summed E-state index contributed by atoms with van der Waals surface area (Å²) in [5.41, 5.74) is 0. The fourth-order valence-corrected chi connectivity index (χ4v) is 5.08. The van der Waals surface area contributed by atoms with Crippen LogP contribution in [-0.2, 0) is 16.4 Å². The van der Waals surface area contributed by atoms with E-state index in [4.69, 9.17) is 0 Å². The van der Waals surface area contributed by atoms with E-state index in [0.29, 0.717) is 10.8 Å². The predicted octanol–water partition coefficient (Wildman–Crippen LogP) is 2.32. The minimum Gasteiger partial charge on any atom is -0.317 e. The highest BCUT2D eigenvalue weighted by atomic mass is 32.2. The number of thiophene rings is 1. The number of hydrogen-bond donors (Lipinski definition) is 1. The summed E-state index contributed by atoms with van der Waals surface area (Å²) in [6, 6.07) is 3.64. The van der Waals surface area contributed by atoms with Crippen molar-refractivity contribution in [3.8, 4) is 0 Å². The SMILES string of the molecule is CCNCCc1ccc(S(=O)(=O)N(CC)C(C)C)s1. The highest BCUT2D eigenvalue weighted by molar-refractivity contribution is 7.91. The van der Waals surface area contributed by atoms with Crippen LogP contribution in [0.15, 0.2) is 16.3 Å². The molecule has 0 aliphatic rings. The second-order valence-corrected chi connectivity index (χ2v) is 7.91. The molecule has 0 saturated heterocycles. The van der Waals surface area contributed by atoms with Crippen LogP contribution >= 0.6 is 11.3 Å². The van der Waals surface area contributed by atoms with Crippen LogP contribution in [0.1, 0.15) is 32.6 Å². The van der Waals surface area contributed by atoms with Crippen LogP contribution < -0.4 is 5.32 Å². The summed E-state index contributed by atoms with van der Waals surface area (Å²) in [4.78, 5) is 1.11. The van der Waals surface area contributed by atoms with E-state index in [-0.39, 0.29) is 6.04 Å². The highest BCUT2D eigenvalue weighted by Gasteiger charge is 2.26. The van der Waals surface area contributed by atoms with E-state index in [2.05, 4.69) is 12.2 Å². The first kappa shape index (κ1) is 16.6. The largest absolute Gasteiger partial charge is 0.317 e. The Morgan fingerprint density at radius 2 is 2.00 bits per heavy atom. The van der Waals surface area contributed by atoms with Gasteiger partial charge in [0, 0.05) is 17.5 Å². The molecule has 1 rings (SSSR count). The lowest BCUT2D eigenvalue weighted by Gasteiger charge is -2.23. The van der Waals surface area contributed by atoms with Gasteiger partial charge in [0.15, 0.2) is 0 Å². The molecule has 0 fully saturated rings. The Labute approximate surface area is 120 Å². The summed E-state index contributed by atoms with van der Waals surface area (Å²) >= 11 is 1.38. The maximum absolute atomic E-state index is 12.5. The second-order valence-electron chi connectivity index (χ2n) is 4.63. The Kier molecular flexibility index (Phi) is 6.46. The molecule has 0 aromatic carbocycles. The molecule has 6 heteroatoms. The summed E-state index contributed by atoms with van der Waals surface area (Å²) in [6.45, 7) is 10.1. The van der Waals surface area contributed by atoms with E-state index >= 15 is 0 Å². The topological polar surface area (TPSA) is 49.4 Å². The molecule has 1 aromatic rings. The van der Waals surface area contributed by atoms with Crippen LogP contribution in [-0.4, -0.2) is 38.4 Å². The number of sulfonamides is 1. The van der Waals surface area contributed by atoms with E-state index in [9.17, 15) is 8.42 Å². The van der Waals surface area contributed by atoms with Gasteiger partial charge in [0.05, 0.1) is 0 Å². The van der Waals surface area contributed by atoms with Gasteiger partial charge in [-0.05, 0) is 45.5 Å². The normalized spacial score (nSPS) is 12.5. The van der Waals surface area contributed by atoms with Crippen LogP contribution in [0.5, 0.6) is 0 Å². The van der Waals surface area contributed by atoms with Crippen LogP contribution in [0.3, 0.4) is 0 Å². The lowest BCUT2D eigenvalue weighted by atomic mass is 10.3. The molecule has 0 saturated carbocycles.